The summed E-state index contributed by atoms with van der Waals surface area (Å²) in [4.78, 5) is 6.50. The fraction of sp³-hybridized carbons (Fsp3) is 0.625. The predicted octanol–water partition coefficient (Wildman–Crippen LogP) is 7.10. The first-order valence-corrected chi connectivity index (χ1v) is 21.2. The second-order valence-electron chi connectivity index (χ2n) is 17.6. The lowest BCUT2D eigenvalue weighted by Gasteiger charge is -2.41. The standard InChI is InChI=1S/3C16H25NO2.2ClH.2H2O/c3*1-17(2)12-14-7-4-5-10-16(14,18)13-8-6-9-15(11-13)19-3;;;;/h3*6,8-9,11,14,18H,4-5,7,10,12H2,1-3H3;2*1H;2*1H2/t3*14-,16+;;;;/m111..../s1. The molecule has 0 spiro atoms. The summed E-state index contributed by atoms with van der Waals surface area (Å²) in [6.45, 7) is 2.77. The van der Waals surface area contributed by atoms with Gasteiger partial charge in [-0.15, -0.1) is 24.8 Å². The van der Waals surface area contributed by atoms with E-state index in [0.29, 0.717) is 17.8 Å². The topological polar surface area (TPSA) is 161 Å². The van der Waals surface area contributed by atoms with Crippen LogP contribution in [0.2, 0.25) is 0 Å². The Bertz CT molecular complexity index is 1460. The number of hydrogen-bond acceptors (Lipinski definition) is 9. The van der Waals surface area contributed by atoms with E-state index < -0.39 is 16.8 Å². The maximum Gasteiger partial charge on any atom is 0.119 e. The number of ether oxygens (including phenoxy) is 3. The number of methoxy groups -OCH3 is 3. The van der Waals surface area contributed by atoms with Crippen molar-refractivity contribution in [2.75, 3.05) is 83.2 Å². The Balaban J connectivity index is 0.000000857. The summed E-state index contributed by atoms with van der Waals surface area (Å²) in [6, 6.07) is 23.7. The smallest absolute Gasteiger partial charge is 0.119 e. The van der Waals surface area contributed by atoms with Gasteiger partial charge in [-0.3, -0.25) is 0 Å². The summed E-state index contributed by atoms with van der Waals surface area (Å²) >= 11 is 0. The lowest BCUT2D eigenvalue weighted by molar-refractivity contribution is -0.0621. The van der Waals surface area contributed by atoms with Crippen LogP contribution < -0.4 is 14.2 Å². The summed E-state index contributed by atoms with van der Waals surface area (Å²) in [5.41, 5.74) is 0.862. The number of hydrogen-bond donors (Lipinski definition) is 3. The van der Waals surface area contributed by atoms with Gasteiger partial charge >= 0.3 is 0 Å². The molecule has 3 fully saturated rings. The van der Waals surface area contributed by atoms with E-state index in [4.69, 9.17) is 14.2 Å². The summed E-state index contributed by atoms with van der Waals surface area (Å²) < 4.78 is 15.9. The highest BCUT2D eigenvalue weighted by Gasteiger charge is 2.42. The Hall–Kier alpha value is -2.68. The van der Waals surface area contributed by atoms with Crippen LogP contribution in [0.1, 0.15) is 93.7 Å². The predicted molar refractivity (Wildman–Crippen MR) is 254 cm³/mol. The van der Waals surface area contributed by atoms with E-state index in [-0.39, 0.29) is 35.8 Å². The third kappa shape index (κ3) is 15.8. The Labute approximate surface area is 380 Å². The van der Waals surface area contributed by atoms with Gasteiger partial charge in [-0.05, 0) is 134 Å². The van der Waals surface area contributed by atoms with E-state index in [0.717, 1.165) is 111 Å². The minimum atomic E-state index is -0.711. The summed E-state index contributed by atoms with van der Waals surface area (Å²) in [5, 5.41) is 33.6. The van der Waals surface area contributed by atoms with Gasteiger partial charge in [-0.1, -0.05) is 74.9 Å². The Morgan fingerprint density at radius 1 is 0.459 bits per heavy atom. The second kappa shape index (κ2) is 27.5. The molecule has 0 amide bonds. The molecule has 3 aliphatic carbocycles. The van der Waals surface area contributed by atoms with Crippen molar-refractivity contribution in [2.24, 2.45) is 17.8 Å². The highest BCUT2D eigenvalue weighted by Crippen LogP contribution is 2.45. The van der Waals surface area contributed by atoms with Crippen LogP contribution in [-0.4, -0.2) is 124 Å². The Morgan fingerprint density at radius 2 is 0.705 bits per heavy atom. The van der Waals surface area contributed by atoms with Gasteiger partial charge in [0.05, 0.1) is 38.1 Å². The molecule has 13 heteroatoms. The molecule has 0 aromatic heterocycles. The third-order valence-corrected chi connectivity index (χ3v) is 12.6. The first kappa shape index (κ1) is 58.3. The summed E-state index contributed by atoms with van der Waals surface area (Å²) in [7, 11) is 17.4. The van der Waals surface area contributed by atoms with Crippen molar-refractivity contribution in [3.63, 3.8) is 0 Å². The van der Waals surface area contributed by atoms with Crippen molar-refractivity contribution >= 4 is 24.8 Å². The van der Waals surface area contributed by atoms with Crippen LogP contribution in [0.3, 0.4) is 0 Å². The van der Waals surface area contributed by atoms with Gasteiger partial charge in [0.2, 0.25) is 0 Å². The van der Waals surface area contributed by atoms with Crippen molar-refractivity contribution in [1.82, 2.24) is 14.7 Å². The van der Waals surface area contributed by atoms with Crippen LogP contribution in [0.15, 0.2) is 72.8 Å². The maximum absolute atomic E-state index is 11.2. The molecule has 0 bridgehead atoms. The highest BCUT2D eigenvalue weighted by atomic mass is 35.5. The number of benzene rings is 3. The minimum Gasteiger partial charge on any atom is -0.497 e. The van der Waals surface area contributed by atoms with Crippen molar-refractivity contribution in [3.8, 4) is 17.2 Å². The van der Waals surface area contributed by atoms with Gasteiger partial charge in [0, 0.05) is 37.4 Å². The van der Waals surface area contributed by atoms with E-state index in [1.165, 1.54) is 19.3 Å². The van der Waals surface area contributed by atoms with Crippen LogP contribution in [0.25, 0.3) is 0 Å². The molecule has 6 rings (SSSR count). The second-order valence-corrected chi connectivity index (χ2v) is 17.6. The lowest BCUT2D eigenvalue weighted by Crippen LogP contribution is -2.43. The first-order chi connectivity index (χ1) is 27.2. The molecule has 11 nitrogen and oxygen atoms in total. The van der Waals surface area contributed by atoms with Crippen LogP contribution in [0.5, 0.6) is 17.2 Å². The zero-order chi connectivity index (χ0) is 41.6. The molecular weight excluding hydrogens is 817 g/mol. The molecule has 0 heterocycles. The van der Waals surface area contributed by atoms with Gasteiger partial charge in [0.1, 0.15) is 17.2 Å². The monoisotopic (exact) mass is 898 g/mol. The fourth-order valence-electron chi connectivity index (χ4n) is 9.55. The van der Waals surface area contributed by atoms with E-state index in [9.17, 15) is 15.3 Å². The largest absolute Gasteiger partial charge is 0.497 e. The normalized spacial score (nSPS) is 25.7. The molecule has 3 aromatic rings. The molecule has 0 unspecified atom stereocenters. The SMILES string of the molecule is COc1cccc([C@@]2(O)CCCC[C@@H]2CN(C)C)c1.COc1cccc([C@@]2(O)CCCC[C@@H]2CN(C)C)c1.COc1cccc([C@@]2(O)CCCC[C@@H]2CN(C)C)c1.Cl.Cl.O.O. The van der Waals surface area contributed by atoms with Crippen LogP contribution in [-0.2, 0) is 16.8 Å². The summed E-state index contributed by atoms with van der Waals surface area (Å²) in [5.74, 6) is 3.34. The highest BCUT2D eigenvalue weighted by molar-refractivity contribution is 5.85. The van der Waals surface area contributed by atoms with Gasteiger partial charge in [-0.2, -0.15) is 0 Å². The fourth-order valence-corrected chi connectivity index (χ4v) is 9.55. The van der Waals surface area contributed by atoms with E-state index in [1.54, 1.807) is 21.3 Å². The molecular formula is C48H81Cl2N3O8. The molecule has 61 heavy (non-hydrogen) atoms. The van der Waals surface area contributed by atoms with Gasteiger partial charge in [-0.25, -0.2) is 0 Å². The molecule has 3 saturated carbocycles. The van der Waals surface area contributed by atoms with Crippen LogP contribution >= 0.6 is 24.8 Å². The quantitative estimate of drug-likeness (QED) is 0.172. The molecule has 7 N–H and O–H groups in total. The zero-order valence-electron chi connectivity index (χ0n) is 38.5. The van der Waals surface area contributed by atoms with E-state index in [2.05, 4.69) is 57.0 Å². The third-order valence-electron chi connectivity index (χ3n) is 12.6. The molecule has 3 aromatic carbocycles. The minimum absolute atomic E-state index is 0. The zero-order valence-corrected chi connectivity index (χ0v) is 40.1. The summed E-state index contributed by atoms with van der Waals surface area (Å²) in [6.07, 6.45) is 12.7. The van der Waals surface area contributed by atoms with Crippen LogP contribution in [0, 0.1) is 17.8 Å². The van der Waals surface area contributed by atoms with Crippen molar-refractivity contribution in [2.45, 2.75) is 93.9 Å². The van der Waals surface area contributed by atoms with Crippen molar-refractivity contribution in [3.05, 3.63) is 89.5 Å². The van der Waals surface area contributed by atoms with Crippen molar-refractivity contribution < 1.29 is 40.5 Å². The Morgan fingerprint density at radius 3 is 0.918 bits per heavy atom. The maximum atomic E-state index is 11.2. The molecule has 6 atom stereocenters. The molecule has 0 radical (unpaired) electrons. The van der Waals surface area contributed by atoms with Gasteiger partial charge in [0.25, 0.3) is 0 Å². The van der Waals surface area contributed by atoms with Gasteiger partial charge in [0.15, 0.2) is 0 Å². The van der Waals surface area contributed by atoms with E-state index in [1.807, 2.05) is 72.8 Å². The van der Waals surface area contributed by atoms with Crippen molar-refractivity contribution in [1.29, 1.82) is 0 Å². The molecule has 3 aliphatic rings. The van der Waals surface area contributed by atoms with Crippen LogP contribution in [0.4, 0.5) is 0 Å². The number of halogens is 2. The molecule has 0 aliphatic heterocycles. The first-order valence-electron chi connectivity index (χ1n) is 21.2. The average molecular weight is 899 g/mol. The van der Waals surface area contributed by atoms with E-state index >= 15 is 0 Å². The number of rotatable bonds is 12. The number of aliphatic hydroxyl groups is 3. The van der Waals surface area contributed by atoms with Gasteiger partial charge < -0.3 is 55.2 Å². The Kier molecular flexibility index (Phi) is 26.3. The molecule has 350 valence electrons. The lowest BCUT2D eigenvalue weighted by atomic mass is 9.71. The molecule has 0 saturated heterocycles. The average Bonchev–Trinajstić information content (AvgIpc) is 3.20. The number of nitrogens with zero attached hydrogens (tertiary/aromatic N) is 3.